The third-order valence-corrected chi connectivity index (χ3v) is 12.3. The van der Waals surface area contributed by atoms with Crippen LogP contribution in [0.25, 0.3) is 0 Å². The summed E-state index contributed by atoms with van der Waals surface area (Å²) in [6.07, 6.45) is 1.24. The maximum atomic E-state index is 13.1. The Bertz CT molecular complexity index is 1810. The molecule has 59 heavy (non-hydrogen) atoms. The zero-order valence-electron chi connectivity index (χ0n) is 34.6. The van der Waals surface area contributed by atoms with E-state index in [0.29, 0.717) is 47.4 Å². The number of halogens is 2. The topological polar surface area (TPSA) is 186 Å². The molecule has 6 rings (SSSR count). The Hall–Kier alpha value is -4.24. The van der Waals surface area contributed by atoms with Crippen molar-refractivity contribution in [3.05, 3.63) is 58.6 Å². The molecule has 4 fully saturated rings. The quantitative estimate of drug-likeness (QED) is 0.373. The van der Waals surface area contributed by atoms with Gasteiger partial charge in [-0.05, 0) is 60.1 Å². The highest BCUT2D eigenvalue weighted by Gasteiger charge is 2.57. The van der Waals surface area contributed by atoms with Gasteiger partial charge in [-0.1, -0.05) is 84.3 Å². The number of carbonyl (C=O) groups excluding carboxylic acids is 6. The lowest BCUT2D eigenvalue weighted by atomic mass is 9.84. The Kier molecular flexibility index (Phi) is 14.3. The summed E-state index contributed by atoms with van der Waals surface area (Å²) < 4.78 is 9.89. The summed E-state index contributed by atoms with van der Waals surface area (Å²) in [6.45, 7) is 12.7. The highest BCUT2D eigenvalue weighted by molar-refractivity contribution is 6.31. The number of nitrogens with zero attached hydrogens (tertiary/aromatic N) is 4. The van der Waals surface area contributed by atoms with Gasteiger partial charge in [0, 0.05) is 71.3 Å². The van der Waals surface area contributed by atoms with E-state index >= 15 is 0 Å². The number of ether oxygens (including phenoxy) is 2. The molecule has 4 aliphatic heterocycles. The van der Waals surface area contributed by atoms with Crippen LogP contribution in [-0.2, 0) is 38.2 Å². The highest BCUT2D eigenvalue weighted by Crippen LogP contribution is 2.47. The smallest absolute Gasteiger partial charge is 0.328 e. The summed E-state index contributed by atoms with van der Waals surface area (Å²) >= 11 is 12.2. The molecule has 324 valence electrons. The van der Waals surface area contributed by atoms with Crippen LogP contribution in [0.5, 0.6) is 0 Å². The van der Waals surface area contributed by atoms with E-state index in [1.54, 1.807) is 46.2 Å². The first-order chi connectivity index (χ1) is 26.9. The first-order valence-corrected chi connectivity index (χ1v) is 20.1. The summed E-state index contributed by atoms with van der Waals surface area (Å²) in [7, 11) is 2.61. The van der Waals surface area contributed by atoms with Crippen molar-refractivity contribution in [1.29, 1.82) is 0 Å². The Balaban J connectivity index is 0.000000256. The molecule has 0 bridgehead atoms. The number of carbonyl (C=O) groups is 6. The van der Waals surface area contributed by atoms with Gasteiger partial charge < -0.3 is 40.5 Å². The molecule has 0 saturated carbocycles. The van der Waals surface area contributed by atoms with Gasteiger partial charge in [-0.3, -0.25) is 19.2 Å². The van der Waals surface area contributed by atoms with E-state index in [9.17, 15) is 28.8 Å². The van der Waals surface area contributed by atoms with Crippen molar-refractivity contribution >= 4 is 70.1 Å². The number of anilines is 2. The number of rotatable bonds is 6. The lowest BCUT2D eigenvalue weighted by Gasteiger charge is -2.32. The standard InChI is InChI=1S/2C21H28ClN3O4.CH4/c2*1-20(2,3)17(23)18(27)25-12-21(9-15(25)19(28)29-4)10-16(26)24(11-21)14-7-5-6-13(22)8-14;/h2*5-8,15,17H,9-12,23H2,1-4H3;1H4/t15-,17+,21+;15-,17+,21-;/m00./s1. The first kappa shape index (κ1) is 47.4. The van der Waals surface area contributed by atoms with Crippen molar-refractivity contribution in [2.45, 2.75) is 98.8 Å². The van der Waals surface area contributed by atoms with E-state index < -0.39 is 57.8 Å². The van der Waals surface area contributed by atoms with Gasteiger partial charge in [0.15, 0.2) is 0 Å². The van der Waals surface area contributed by atoms with Crippen molar-refractivity contribution in [3.8, 4) is 0 Å². The molecule has 0 aromatic heterocycles. The van der Waals surface area contributed by atoms with Gasteiger partial charge in [-0.2, -0.15) is 0 Å². The average Bonchev–Trinajstić information content (AvgIpc) is 3.91. The fourth-order valence-corrected chi connectivity index (χ4v) is 8.77. The molecule has 14 nitrogen and oxygen atoms in total. The Morgan fingerprint density at radius 3 is 1.29 bits per heavy atom. The zero-order valence-corrected chi connectivity index (χ0v) is 36.1. The molecular weight excluding hydrogens is 799 g/mol. The van der Waals surface area contributed by atoms with Crippen LogP contribution >= 0.6 is 23.2 Å². The minimum absolute atomic E-state index is 0. The number of benzene rings is 2. The first-order valence-electron chi connectivity index (χ1n) is 19.3. The third-order valence-electron chi connectivity index (χ3n) is 11.8. The second kappa shape index (κ2) is 17.8. The van der Waals surface area contributed by atoms with E-state index in [0.717, 1.165) is 0 Å². The van der Waals surface area contributed by atoms with Crippen LogP contribution in [0.1, 0.15) is 74.7 Å². The second-order valence-corrected chi connectivity index (χ2v) is 19.3. The van der Waals surface area contributed by atoms with Crippen LogP contribution in [0.2, 0.25) is 10.0 Å². The number of hydrogen-bond donors (Lipinski definition) is 2. The molecule has 4 aliphatic rings. The average molecular weight is 860 g/mol. The molecule has 2 spiro atoms. The summed E-state index contributed by atoms with van der Waals surface area (Å²) in [5.74, 6) is -1.65. The van der Waals surface area contributed by atoms with E-state index in [1.807, 2.05) is 53.7 Å². The van der Waals surface area contributed by atoms with Crippen LogP contribution in [0, 0.1) is 21.7 Å². The SMILES string of the molecule is C.COC(=O)[C@@H]1C[C@@]2(CC(=O)N(c3cccc(Cl)c3)C2)CN1C(=O)[C@@H](N)C(C)(C)C.COC(=O)[C@@H]1C[C@]2(CC(=O)N(c3cccc(Cl)c3)C2)CN1C(=O)[C@@H](N)C(C)(C)C. The van der Waals surface area contributed by atoms with E-state index in [4.69, 9.17) is 44.1 Å². The van der Waals surface area contributed by atoms with E-state index in [1.165, 1.54) is 24.0 Å². The molecule has 4 saturated heterocycles. The monoisotopic (exact) mass is 858 g/mol. The van der Waals surface area contributed by atoms with Gasteiger partial charge in [-0.15, -0.1) is 0 Å². The Labute approximate surface area is 357 Å². The molecule has 6 atom stereocenters. The lowest BCUT2D eigenvalue weighted by Crippen LogP contribution is -2.53. The van der Waals surface area contributed by atoms with Crippen LogP contribution in [-0.4, -0.2) is 110 Å². The normalized spacial score (nSPS) is 25.2. The van der Waals surface area contributed by atoms with Crippen LogP contribution < -0.4 is 21.3 Å². The molecule has 4 heterocycles. The molecule has 2 aromatic carbocycles. The van der Waals surface area contributed by atoms with Gasteiger partial charge in [0.2, 0.25) is 23.6 Å². The summed E-state index contributed by atoms with van der Waals surface area (Å²) in [5.41, 5.74) is 11.9. The largest absolute Gasteiger partial charge is 0.467 e. The fourth-order valence-electron chi connectivity index (χ4n) is 8.40. The van der Waals surface area contributed by atoms with Gasteiger partial charge in [-0.25, -0.2) is 9.59 Å². The minimum atomic E-state index is -0.758. The third kappa shape index (κ3) is 10.0. The minimum Gasteiger partial charge on any atom is -0.467 e. The van der Waals surface area contributed by atoms with Crippen LogP contribution in [0.3, 0.4) is 0 Å². The molecule has 4 amide bonds. The maximum absolute atomic E-state index is 13.1. The van der Waals surface area contributed by atoms with Crippen LogP contribution in [0.15, 0.2) is 48.5 Å². The van der Waals surface area contributed by atoms with Gasteiger partial charge in [0.05, 0.1) is 26.3 Å². The molecular formula is C43H60Cl2N6O8. The summed E-state index contributed by atoms with van der Waals surface area (Å²) in [5, 5.41) is 1.09. The number of likely N-dealkylation sites (tertiary alicyclic amines) is 2. The maximum Gasteiger partial charge on any atom is 0.328 e. The van der Waals surface area contributed by atoms with Gasteiger partial charge in [0.1, 0.15) is 12.1 Å². The zero-order chi connectivity index (χ0) is 43.1. The Morgan fingerprint density at radius 1 is 0.661 bits per heavy atom. The van der Waals surface area contributed by atoms with Gasteiger partial charge in [0.25, 0.3) is 0 Å². The molecule has 4 N–H and O–H groups in total. The van der Waals surface area contributed by atoms with E-state index in [2.05, 4.69) is 0 Å². The summed E-state index contributed by atoms with van der Waals surface area (Å²) in [4.78, 5) is 83.1. The van der Waals surface area contributed by atoms with Crippen molar-refractivity contribution < 1.29 is 38.2 Å². The number of amides is 4. The predicted molar refractivity (Wildman–Crippen MR) is 228 cm³/mol. The van der Waals surface area contributed by atoms with Gasteiger partial charge >= 0.3 is 11.9 Å². The van der Waals surface area contributed by atoms with Crippen molar-refractivity contribution in [2.75, 3.05) is 50.2 Å². The molecule has 16 heteroatoms. The molecule has 2 aromatic rings. The number of hydrogen-bond acceptors (Lipinski definition) is 10. The number of methoxy groups -OCH3 is 2. The lowest BCUT2D eigenvalue weighted by molar-refractivity contribution is -0.152. The summed E-state index contributed by atoms with van der Waals surface area (Å²) in [6, 6.07) is 11.2. The number of esters is 2. The molecule has 0 radical (unpaired) electrons. The van der Waals surface area contributed by atoms with Crippen molar-refractivity contribution in [3.63, 3.8) is 0 Å². The van der Waals surface area contributed by atoms with Crippen molar-refractivity contribution in [1.82, 2.24) is 9.80 Å². The number of nitrogens with two attached hydrogens (primary N) is 2. The second-order valence-electron chi connectivity index (χ2n) is 18.4. The highest BCUT2D eigenvalue weighted by atomic mass is 35.5. The van der Waals surface area contributed by atoms with Crippen molar-refractivity contribution in [2.24, 2.45) is 33.1 Å². The van der Waals surface area contributed by atoms with E-state index in [-0.39, 0.29) is 57.0 Å². The predicted octanol–water partition coefficient (Wildman–Crippen LogP) is 5.06. The molecule has 0 unspecified atom stereocenters. The Morgan fingerprint density at radius 2 is 1.00 bits per heavy atom. The van der Waals surface area contributed by atoms with Crippen LogP contribution in [0.4, 0.5) is 11.4 Å². The molecule has 0 aliphatic carbocycles. The fraction of sp³-hybridized carbons (Fsp3) is 0.581.